The van der Waals surface area contributed by atoms with Crippen molar-refractivity contribution in [2.45, 2.75) is 20.0 Å². The minimum absolute atomic E-state index is 0.551. The standard InChI is InChI=1S/C11H14N2OS/c1-7-10(6-13(3)12-7)11(14)9-4-5-15-8(9)2/h4-6,11,14H,1-3H3. The average Bonchev–Trinajstić information content (AvgIpc) is 2.71. The van der Waals surface area contributed by atoms with Gasteiger partial charge < -0.3 is 5.11 Å². The Kier molecular flexibility index (Phi) is 2.63. The molecule has 0 fully saturated rings. The molecule has 0 aliphatic heterocycles. The van der Waals surface area contributed by atoms with Gasteiger partial charge in [-0.3, -0.25) is 4.68 Å². The highest BCUT2D eigenvalue weighted by molar-refractivity contribution is 7.10. The maximum absolute atomic E-state index is 10.2. The minimum atomic E-state index is -0.551. The van der Waals surface area contributed by atoms with Crippen molar-refractivity contribution in [1.82, 2.24) is 9.78 Å². The second-order valence-electron chi connectivity index (χ2n) is 3.68. The van der Waals surface area contributed by atoms with E-state index in [9.17, 15) is 5.11 Å². The zero-order chi connectivity index (χ0) is 11.0. The minimum Gasteiger partial charge on any atom is -0.383 e. The van der Waals surface area contributed by atoms with Gasteiger partial charge in [0.1, 0.15) is 6.10 Å². The first-order valence-electron chi connectivity index (χ1n) is 4.82. The molecular weight excluding hydrogens is 208 g/mol. The van der Waals surface area contributed by atoms with Gasteiger partial charge in [0.25, 0.3) is 0 Å². The van der Waals surface area contributed by atoms with Crippen LogP contribution < -0.4 is 0 Å². The Bertz CT molecular complexity index is 473. The highest BCUT2D eigenvalue weighted by atomic mass is 32.1. The molecule has 2 aromatic heterocycles. The summed E-state index contributed by atoms with van der Waals surface area (Å²) < 4.78 is 1.73. The van der Waals surface area contributed by atoms with Gasteiger partial charge in [0, 0.05) is 23.7 Å². The van der Waals surface area contributed by atoms with E-state index in [-0.39, 0.29) is 0 Å². The quantitative estimate of drug-likeness (QED) is 0.845. The summed E-state index contributed by atoms with van der Waals surface area (Å²) in [7, 11) is 1.86. The number of aliphatic hydroxyl groups excluding tert-OH is 1. The number of rotatable bonds is 2. The maximum Gasteiger partial charge on any atom is 0.108 e. The Morgan fingerprint density at radius 3 is 2.60 bits per heavy atom. The van der Waals surface area contributed by atoms with E-state index in [1.165, 1.54) is 0 Å². The molecule has 0 saturated heterocycles. The van der Waals surface area contributed by atoms with E-state index in [2.05, 4.69) is 5.10 Å². The monoisotopic (exact) mass is 222 g/mol. The molecule has 3 nitrogen and oxygen atoms in total. The average molecular weight is 222 g/mol. The molecule has 0 radical (unpaired) electrons. The number of thiophene rings is 1. The molecule has 4 heteroatoms. The number of hydrogen-bond acceptors (Lipinski definition) is 3. The third-order valence-corrected chi connectivity index (χ3v) is 3.40. The van der Waals surface area contributed by atoms with E-state index in [0.717, 1.165) is 21.7 Å². The Balaban J connectivity index is 2.40. The van der Waals surface area contributed by atoms with Crippen LogP contribution in [0, 0.1) is 13.8 Å². The van der Waals surface area contributed by atoms with E-state index in [0.29, 0.717) is 0 Å². The first kappa shape index (κ1) is 10.4. The normalized spacial score (nSPS) is 13.1. The molecule has 0 saturated carbocycles. The van der Waals surface area contributed by atoms with E-state index in [1.807, 2.05) is 38.5 Å². The molecule has 0 amide bonds. The third-order valence-electron chi connectivity index (χ3n) is 2.54. The van der Waals surface area contributed by atoms with E-state index < -0.39 is 6.10 Å². The van der Waals surface area contributed by atoms with Crippen LogP contribution in [0.5, 0.6) is 0 Å². The molecule has 1 N–H and O–H groups in total. The van der Waals surface area contributed by atoms with Crippen LogP contribution in [0.4, 0.5) is 0 Å². The molecule has 15 heavy (non-hydrogen) atoms. The predicted octanol–water partition coefficient (Wildman–Crippen LogP) is 2.18. The van der Waals surface area contributed by atoms with Crippen molar-refractivity contribution in [2.24, 2.45) is 7.05 Å². The molecule has 0 spiro atoms. The van der Waals surface area contributed by atoms with E-state index >= 15 is 0 Å². The lowest BCUT2D eigenvalue weighted by Gasteiger charge is -2.08. The Labute approximate surface area is 93.0 Å². The van der Waals surface area contributed by atoms with E-state index in [1.54, 1.807) is 16.0 Å². The Morgan fingerprint density at radius 2 is 2.13 bits per heavy atom. The van der Waals surface area contributed by atoms with Gasteiger partial charge in [-0.2, -0.15) is 5.10 Å². The zero-order valence-electron chi connectivity index (χ0n) is 9.06. The van der Waals surface area contributed by atoms with E-state index in [4.69, 9.17) is 0 Å². The third kappa shape index (κ3) is 1.82. The van der Waals surface area contributed by atoms with Crippen molar-refractivity contribution in [2.75, 3.05) is 0 Å². The van der Waals surface area contributed by atoms with Crippen molar-refractivity contribution >= 4 is 11.3 Å². The number of nitrogens with zero attached hydrogens (tertiary/aromatic N) is 2. The van der Waals surface area contributed by atoms with Crippen molar-refractivity contribution in [1.29, 1.82) is 0 Å². The van der Waals surface area contributed by atoms with Gasteiger partial charge in [-0.1, -0.05) is 0 Å². The lowest BCUT2D eigenvalue weighted by atomic mass is 10.0. The molecule has 0 aliphatic rings. The lowest BCUT2D eigenvalue weighted by Crippen LogP contribution is -2.00. The zero-order valence-corrected chi connectivity index (χ0v) is 9.88. The lowest BCUT2D eigenvalue weighted by molar-refractivity contribution is 0.219. The van der Waals surface area contributed by atoms with Crippen molar-refractivity contribution in [3.8, 4) is 0 Å². The first-order valence-corrected chi connectivity index (χ1v) is 5.69. The second-order valence-corrected chi connectivity index (χ2v) is 4.80. The molecule has 2 heterocycles. The number of hydrogen-bond donors (Lipinski definition) is 1. The van der Waals surface area contributed by atoms with Gasteiger partial charge in [-0.05, 0) is 30.9 Å². The Hall–Kier alpha value is -1.13. The fourth-order valence-corrected chi connectivity index (χ4v) is 2.47. The summed E-state index contributed by atoms with van der Waals surface area (Å²) in [5.74, 6) is 0. The van der Waals surface area contributed by atoms with Gasteiger partial charge in [0.2, 0.25) is 0 Å². The van der Waals surface area contributed by atoms with Crippen molar-refractivity contribution < 1.29 is 5.11 Å². The molecule has 0 aliphatic carbocycles. The summed E-state index contributed by atoms with van der Waals surface area (Å²) in [5.41, 5.74) is 2.76. The van der Waals surface area contributed by atoms with Gasteiger partial charge in [-0.25, -0.2) is 0 Å². The summed E-state index contributed by atoms with van der Waals surface area (Å²) in [5, 5.41) is 16.4. The molecule has 0 aromatic carbocycles. The van der Waals surface area contributed by atoms with Gasteiger partial charge in [-0.15, -0.1) is 11.3 Å². The second kappa shape index (κ2) is 3.79. The molecule has 1 atom stereocenters. The fraction of sp³-hybridized carbons (Fsp3) is 0.364. The molecule has 1 unspecified atom stereocenters. The number of aryl methyl sites for hydroxylation is 3. The highest BCUT2D eigenvalue weighted by Crippen LogP contribution is 2.29. The summed E-state index contributed by atoms with van der Waals surface area (Å²) in [6.07, 6.45) is 1.32. The summed E-state index contributed by atoms with van der Waals surface area (Å²) in [4.78, 5) is 1.16. The largest absolute Gasteiger partial charge is 0.383 e. The highest BCUT2D eigenvalue weighted by Gasteiger charge is 2.17. The predicted molar refractivity (Wildman–Crippen MR) is 61.1 cm³/mol. The number of aromatic nitrogens is 2. The SMILES string of the molecule is Cc1nn(C)cc1C(O)c1ccsc1C. The van der Waals surface area contributed by atoms with Crippen molar-refractivity contribution in [3.05, 3.63) is 39.3 Å². The molecule has 2 rings (SSSR count). The fourth-order valence-electron chi connectivity index (χ4n) is 1.73. The van der Waals surface area contributed by atoms with Crippen LogP contribution in [0.25, 0.3) is 0 Å². The van der Waals surface area contributed by atoms with Gasteiger partial charge in [0.15, 0.2) is 0 Å². The summed E-state index contributed by atoms with van der Waals surface area (Å²) in [6.45, 7) is 3.94. The van der Waals surface area contributed by atoms with Gasteiger partial charge in [0.05, 0.1) is 5.69 Å². The molecule has 2 aromatic rings. The van der Waals surface area contributed by atoms with Crippen LogP contribution in [-0.2, 0) is 7.05 Å². The smallest absolute Gasteiger partial charge is 0.108 e. The van der Waals surface area contributed by atoms with Crippen LogP contribution >= 0.6 is 11.3 Å². The number of aliphatic hydroxyl groups is 1. The Morgan fingerprint density at radius 1 is 1.40 bits per heavy atom. The first-order chi connectivity index (χ1) is 7.09. The molecular formula is C11H14N2OS. The van der Waals surface area contributed by atoms with Crippen LogP contribution in [0.2, 0.25) is 0 Å². The molecule has 0 bridgehead atoms. The van der Waals surface area contributed by atoms with Gasteiger partial charge >= 0.3 is 0 Å². The molecule has 80 valence electrons. The van der Waals surface area contributed by atoms with Crippen LogP contribution in [0.1, 0.15) is 27.8 Å². The summed E-state index contributed by atoms with van der Waals surface area (Å²) >= 11 is 1.65. The van der Waals surface area contributed by atoms with Crippen LogP contribution in [-0.4, -0.2) is 14.9 Å². The topological polar surface area (TPSA) is 38.0 Å². The summed E-state index contributed by atoms with van der Waals surface area (Å²) in [6, 6.07) is 1.97. The maximum atomic E-state index is 10.2. The van der Waals surface area contributed by atoms with Crippen molar-refractivity contribution in [3.63, 3.8) is 0 Å². The van der Waals surface area contributed by atoms with Crippen LogP contribution in [0.15, 0.2) is 17.6 Å². The van der Waals surface area contributed by atoms with Crippen LogP contribution in [0.3, 0.4) is 0 Å².